The van der Waals surface area contributed by atoms with E-state index in [0.29, 0.717) is 6.61 Å². The molecule has 1 aromatic carbocycles. The van der Waals surface area contributed by atoms with E-state index in [4.69, 9.17) is 4.74 Å². The molecule has 0 radical (unpaired) electrons. The van der Waals surface area contributed by atoms with Crippen LogP contribution in [0.25, 0.3) is 0 Å². The van der Waals surface area contributed by atoms with Gasteiger partial charge in [-0.05, 0) is 49.9 Å². The number of hydrogen-bond donors (Lipinski definition) is 1. The monoisotopic (exact) mass is 297 g/mol. The van der Waals surface area contributed by atoms with Crippen molar-refractivity contribution in [3.8, 4) is 0 Å². The summed E-state index contributed by atoms with van der Waals surface area (Å²) in [7, 11) is 0. The van der Waals surface area contributed by atoms with Crippen LogP contribution in [-0.2, 0) is 9.53 Å². The maximum absolute atomic E-state index is 11.9. The molecule has 0 aromatic heterocycles. The minimum atomic E-state index is -0.278. The van der Waals surface area contributed by atoms with Crippen molar-refractivity contribution >= 4 is 27.5 Å². The third-order valence-corrected chi connectivity index (χ3v) is 4.18. The SMILES string of the molecule is Cc1cc(NC(=O)[C@H]2CCCO2)cc(C)c1Br. The van der Waals surface area contributed by atoms with Crippen molar-refractivity contribution in [2.24, 2.45) is 0 Å². The van der Waals surface area contributed by atoms with Gasteiger partial charge in [0.1, 0.15) is 6.10 Å². The van der Waals surface area contributed by atoms with Gasteiger partial charge in [-0.3, -0.25) is 4.79 Å². The minimum Gasteiger partial charge on any atom is -0.368 e. The molecule has 0 aliphatic carbocycles. The molecule has 1 saturated heterocycles. The summed E-state index contributed by atoms with van der Waals surface area (Å²) < 4.78 is 6.44. The van der Waals surface area contributed by atoms with Crippen LogP contribution in [-0.4, -0.2) is 18.6 Å². The predicted octanol–water partition coefficient (Wildman–Crippen LogP) is 3.18. The fourth-order valence-electron chi connectivity index (χ4n) is 2.03. The van der Waals surface area contributed by atoms with Gasteiger partial charge in [0.25, 0.3) is 5.91 Å². The Labute approximate surface area is 110 Å². The Balaban J connectivity index is 2.10. The molecule has 1 atom stereocenters. The standard InChI is InChI=1S/C13H16BrNO2/c1-8-6-10(7-9(2)12(8)14)15-13(16)11-4-3-5-17-11/h6-7,11H,3-5H2,1-2H3,(H,15,16)/t11-/m1/s1. The average Bonchev–Trinajstić information content (AvgIpc) is 2.79. The number of carbonyl (C=O) groups is 1. The van der Waals surface area contributed by atoms with Crippen molar-refractivity contribution in [1.82, 2.24) is 0 Å². The Kier molecular flexibility index (Phi) is 3.84. The van der Waals surface area contributed by atoms with Gasteiger partial charge in [0.15, 0.2) is 0 Å². The van der Waals surface area contributed by atoms with Crippen molar-refractivity contribution in [1.29, 1.82) is 0 Å². The van der Waals surface area contributed by atoms with Crippen molar-refractivity contribution in [2.45, 2.75) is 32.8 Å². The molecular weight excluding hydrogens is 282 g/mol. The summed E-state index contributed by atoms with van der Waals surface area (Å²) in [5, 5.41) is 2.91. The smallest absolute Gasteiger partial charge is 0.253 e. The van der Waals surface area contributed by atoms with Crippen LogP contribution in [0.4, 0.5) is 5.69 Å². The highest BCUT2D eigenvalue weighted by molar-refractivity contribution is 9.10. The van der Waals surface area contributed by atoms with Crippen LogP contribution in [0.1, 0.15) is 24.0 Å². The summed E-state index contributed by atoms with van der Waals surface area (Å²) in [5.74, 6) is -0.0383. The van der Waals surface area contributed by atoms with Gasteiger partial charge in [0.05, 0.1) is 0 Å². The molecule has 3 nitrogen and oxygen atoms in total. The second-order valence-corrected chi connectivity index (χ2v) is 5.21. The number of anilines is 1. The molecule has 1 aromatic rings. The van der Waals surface area contributed by atoms with E-state index in [2.05, 4.69) is 21.2 Å². The molecule has 4 heteroatoms. The highest BCUT2D eigenvalue weighted by Gasteiger charge is 2.23. The molecule has 0 bridgehead atoms. The van der Waals surface area contributed by atoms with E-state index in [1.807, 2.05) is 26.0 Å². The summed E-state index contributed by atoms with van der Waals surface area (Å²) in [5.41, 5.74) is 3.07. The number of carbonyl (C=O) groups excluding carboxylic acids is 1. The average molecular weight is 298 g/mol. The van der Waals surface area contributed by atoms with E-state index in [1.54, 1.807) is 0 Å². The normalized spacial score (nSPS) is 19.4. The maximum atomic E-state index is 11.9. The van der Waals surface area contributed by atoms with Gasteiger partial charge in [0, 0.05) is 16.8 Å². The summed E-state index contributed by atoms with van der Waals surface area (Å²) in [6.45, 7) is 4.72. The van der Waals surface area contributed by atoms with E-state index in [0.717, 1.165) is 34.1 Å². The fraction of sp³-hybridized carbons (Fsp3) is 0.462. The molecule has 1 aliphatic rings. The first kappa shape index (κ1) is 12.6. The van der Waals surface area contributed by atoms with Crippen molar-refractivity contribution in [2.75, 3.05) is 11.9 Å². The largest absolute Gasteiger partial charge is 0.368 e. The summed E-state index contributed by atoms with van der Waals surface area (Å²) >= 11 is 3.51. The van der Waals surface area contributed by atoms with E-state index in [1.165, 1.54) is 0 Å². The Morgan fingerprint density at radius 3 is 2.59 bits per heavy atom. The lowest BCUT2D eigenvalue weighted by molar-refractivity contribution is -0.124. The van der Waals surface area contributed by atoms with E-state index in [9.17, 15) is 4.79 Å². The second kappa shape index (κ2) is 5.19. The van der Waals surface area contributed by atoms with Crippen LogP contribution in [0.2, 0.25) is 0 Å². The molecule has 1 heterocycles. The third kappa shape index (κ3) is 2.87. The summed E-state index contributed by atoms with van der Waals surface area (Å²) in [6, 6.07) is 3.92. The van der Waals surface area contributed by atoms with Crippen LogP contribution < -0.4 is 5.32 Å². The van der Waals surface area contributed by atoms with Gasteiger partial charge >= 0.3 is 0 Å². The molecule has 0 spiro atoms. The molecule has 17 heavy (non-hydrogen) atoms. The number of benzene rings is 1. The Hall–Kier alpha value is -0.870. The molecule has 92 valence electrons. The van der Waals surface area contributed by atoms with Crippen LogP contribution in [0.15, 0.2) is 16.6 Å². The van der Waals surface area contributed by atoms with Gasteiger partial charge < -0.3 is 10.1 Å². The molecule has 2 rings (SSSR count). The Morgan fingerprint density at radius 2 is 2.06 bits per heavy atom. The molecule has 1 N–H and O–H groups in total. The van der Waals surface area contributed by atoms with Gasteiger partial charge in [-0.25, -0.2) is 0 Å². The van der Waals surface area contributed by atoms with Crippen LogP contribution in [0.5, 0.6) is 0 Å². The second-order valence-electron chi connectivity index (χ2n) is 4.41. The van der Waals surface area contributed by atoms with Crippen LogP contribution in [0.3, 0.4) is 0 Å². The molecule has 1 aliphatic heterocycles. The maximum Gasteiger partial charge on any atom is 0.253 e. The summed E-state index contributed by atoms with van der Waals surface area (Å²) in [4.78, 5) is 11.9. The first-order valence-electron chi connectivity index (χ1n) is 5.77. The molecule has 0 unspecified atom stereocenters. The first-order valence-corrected chi connectivity index (χ1v) is 6.56. The van der Waals surface area contributed by atoms with Crippen molar-refractivity contribution in [3.63, 3.8) is 0 Å². The van der Waals surface area contributed by atoms with E-state index < -0.39 is 0 Å². The first-order chi connectivity index (χ1) is 8.08. The lowest BCUT2D eigenvalue weighted by atomic mass is 10.1. The number of nitrogens with one attached hydrogen (secondary N) is 1. The topological polar surface area (TPSA) is 38.3 Å². The zero-order valence-electron chi connectivity index (χ0n) is 10.0. The lowest BCUT2D eigenvalue weighted by Crippen LogP contribution is -2.26. The highest BCUT2D eigenvalue weighted by Crippen LogP contribution is 2.25. The zero-order chi connectivity index (χ0) is 12.4. The quantitative estimate of drug-likeness (QED) is 0.910. The number of aryl methyl sites for hydroxylation is 2. The van der Waals surface area contributed by atoms with Gasteiger partial charge in [-0.2, -0.15) is 0 Å². The number of amides is 1. The highest BCUT2D eigenvalue weighted by atomic mass is 79.9. The zero-order valence-corrected chi connectivity index (χ0v) is 11.6. The van der Waals surface area contributed by atoms with Crippen LogP contribution in [0, 0.1) is 13.8 Å². The van der Waals surface area contributed by atoms with Gasteiger partial charge in [-0.1, -0.05) is 15.9 Å². The number of rotatable bonds is 2. The van der Waals surface area contributed by atoms with Crippen LogP contribution >= 0.6 is 15.9 Å². The molecule has 1 fully saturated rings. The molecule has 0 saturated carbocycles. The van der Waals surface area contributed by atoms with E-state index in [-0.39, 0.29) is 12.0 Å². The Bertz CT molecular complexity index is 416. The molecule has 1 amide bonds. The number of hydrogen-bond acceptors (Lipinski definition) is 2. The predicted molar refractivity (Wildman–Crippen MR) is 71.2 cm³/mol. The van der Waals surface area contributed by atoms with E-state index >= 15 is 0 Å². The number of ether oxygens (including phenoxy) is 1. The lowest BCUT2D eigenvalue weighted by Gasteiger charge is -2.12. The van der Waals surface area contributed by atoms with Gasteiger partial charge in [0.2, 0.25) is 0 Å². The third-order valence-electron chi connectivity index (χ3n) is 2.93. The Morgan fingerprint density at radius 1 is 1.41 bits per heavy atom. The minimum absolute atomic E-state index is 0.0383. The van der Waals surface area contributed by atoms with Crippen molar-refractivity contribution < 1.29 is 9.53 Å². The molecular formula is C13H16BrNO2. The van der Waals surface area contributed by atoms with Crippen molar-refractivity contribution in [3.05, 3.63) is 27.7 Å². The summed E-state index contributed by atoms with van der Waals surface area (Å²) in [6.07, 6.45) is 1.51. The number of halogens is 1. The fourth-order valence-corrected chi connectivity index (χ4v) is 2.25. The van der Waals surface area contributed by atoms with Gasteiger partial charge in [-0.15, -0.1) is 0 Å².